The van der Waals surface area contributed by atoms with Crippen molar-refractivity contribution in [3.8, 4) is 11.5 Å². The van der Waals surface area contributed by atoms with Crippen LogP contribution in [0.5, 0.6) is 0 Å². The van der Waals surface area contributed by atoms with Gasteiger partial charge in [-0.3, -0.25) is 9.78 Å². The van der Waals surface area contributed by atoms with Gasteiger partial charge in [-0.1, -0.05) is 6.07 Å². The van der Waals surface area contributed by atoms with Gasteiger partial charge in [0, 0.05) is 30.5 Å². The molecule has 0 aromatic carbocycles. The molecule has 2 fully saturated rings. The minimum atomic E-state index is -0.179. The molecule has 0 bridgehead atoms. The van der Waals surface area contributed by atoms with Crippen LogP contribution >= 0.6 is 0 Å². The Morgan fingerprint density at radius 2 is 2.09 bits per heavy atom. The summed E-state index contributed by atoms with van der Waals surface area (Å²) in [6, 6.07) is 7.83. The zero-order valence-electron chi connectivity index (χ0n) is 13.1. The number of carbonyl (C=O) groups is 1. The molecular formula is C17H19N5O. The molecule has 6 nitrogen and oxygen atoms in total. The van der Waals surface area contributed by atoms with E-state index in [0.717, 1.165) is 37.2 Å². The number of likely N-dealkylation sites (tertiary alicyclic amines) is 1. The highest BCUT2D eigenvalue weighted by molar-refractivity contribution is 5.87. The number of hydrogen-bond acceptors (Lipinski definition) is 5. The average Bonchev–Trinajstić information content (AvgIpc) is 3.33. The van der Waals surface area contributed by atoms with E-state index in [9.17, 15) is 4.79 Å². The number of nitrogens with zero attached hydrogens (tertiary/aromatic N) is 4. The lowest BCUT2D eigenvalue weighted by Gasteiger charge is -2.16. The van der Waals surface area contributed by atoms with Gasteiger partial charge in [0.2, 0.25) is 5.91 Å². The van der Waals surface area contributed by atoms with E-state index in [1.54, 1.807) is 6.20 Å². The topological polar surface area (TPSA) is 71.0 Å². The average molecular weight is 309 g/mol. The Morgan fingerprint density at radius 3 is 2.83 bits per heavy atom. The molecule has 118 valence electrons. The van der Waals surface area contributed by atoms with Gasteiger partial charge in [0.1, 0.15) is 17.6 Å². The van der Waals surface area contributed by atoms with Crippen LogP contribution in [0.3, 0.4) is 0 Å². The Kier molecular flexibility index (Phi) is 3.44. The Hall–Kier alpha value is -2.50. The monoisotopic (exact) mass is 309 g/mol. The van der Waals surface area contributed by atoms with E-state index in [-0.39, 0.29) is 11.9 Å². The van der Waals surface area contributed by atoms with Crippen molar-refractivity contribution in [3.05, 3.63) is 36.2 Å². The number of aromatic nitrogens is 3. The molecule has 1 N–H and O–H groups in total. The second kappa shape index (κ2) is 5.61. The highest BCUT2D eigenvalue weighted by Gasteiger charge is 2.40. The van der Waals surface area contributed by atoms with Crippen LogP contribution in [0.25, 0.3) is 11.5 Å². The van der Waals surface area contributed by atoms with Crippen LogP contribution in [0.4, 0.5) is 5.82 Å². The van der Waals surface area contributed by atoms with Crippen molar-refractivity contribution in [1.82, 2.24) is 19.9 Å². The summed E-state index contributed by atoms with van der Waals surface area (Å²) in [5.74, 6) is 1.47. The van der Waals surface area contributed by atoms with Crippen LogP contribution < -0.4 is 5.32 Å². The lowest BCUT2D eigenvalue weighted by molar-refractivity contribution is -0.128. The van der Waals surface area contributed by atoms with Crippen molar-refractivity contribution >= 4 is 11.7 Å². The maximum Gasteiger partial charge on any atom is 0.245 e. The fraction of sp³-hybridized carbons (Fsp3) is 0.412. The Balaban J connectivity index is 1.55. The lowest BCUT2D eigenvalue weighted by atomic mass is 10.2. The fourth-order valence-corrected chi connectivity index (χ4v) is 3.02. The van der Waals surface area contributed by atoms with E-state index in [4.69, 9.17) is 0 Å². The minimum Gasteiger partial charge on any atom is -0.358 e. The molecule has 1 aliphatic carbocycles. The summed E-state index contributed by atoms with van der Waals surface area (Å²) in [4.78, 5) is 27.7. The highest BCUT2D eigenvalue weighted by atomic mass is 16.2. The smallest absolute Gasteiger partial charge is 0.245 e. The van der Waals surface area contributed by atoms with E-state index < -0.39 is 0 Å². The van der Waals surface area contributed by atoms with Gasteiger partial charge in [-0.15, -0.1) is 0 Å². The summed E-state index contributed by atoms with van der Waals surface area (Å²) in [6.07, 6.45) is 4.85. The normalized spacial score (nSPS) is 20.8. The van der Waals surface area contributed by atoms with Gasteiger partial charge >= 0.3 is 0 Å². The fourth-order valence-electron chi connectivity index (χ4n) is 3.02. The molecule has 1 saturated carbocycles. The van der Waals surface area contributed by atoms with E-state index in [1.807, 2.05) is 36.1 Å². The predicted molar refractivity (Wildman–Crippen MR) is 86.8 cm³/mol. The molecule has 4 rings (SSSR count). The second-order valence-electron chi connectivity index (χ2n) is 6.18. The van der Waals surface area contributed by atoms with Crippen LogP contribution in [0.2, 0.25) is 0 Å². The van der Waals surface area contributed by atoms with Crippen molar-refractivity contribution < 1.29 is 4.79 Å². The SMILES string of the molecule is Cc1cc(NC2CCN(C3CC3)C2=O)nc(-c2ccccn2)n1. The quantitative estimate of drug-likeness (QED) is 0.935. The molecule has 2 aromatic rings. The zero-order chi connectivity index (χ0) is 15.8. The predicted octanol–water partition coefficient (Wildman–Crippen LogP) is 2.02. The van der Waals surface area contributed by atoms with Gasteiger partial charge < -0.3 is 10.2 Å². The molecule has 23 heavy (non-hydrogen) atoms. The first-order chi connectivity index (χ1) is 11.2. The molecule has 6 heteroatoms. The summed E-state index contributed by atoms with van der Waals surface area (Å²) in [5, 5.41) is 3.28. The molecule has 1 atom stereocenters. The van der Waals surface area contributed by atoms with Crippen molar-refractivity contribution in [2.75, 3.05) is 11.9 Å². The number of rotatable bonds is 4. The third-order valence-electron chi connectivity index (χ3n) is 4.30. The van der Waals surface area contributed by atoms with Gasteiger partial charge in [-0.05, 0) is 38.3 Å². The number of pyridine rings is 1. The van der Waals surface area contributed by atoms with Gasteiger partial charge in [0.25, 0.3) is 0 Å². The van der Waals surface area contributed by atoms with Crippen LogP contribution in [-0.4, -0.2) is 44.4 Å². The maximum absolute atomic E-state index is 12.4. The van der Waals surface area contributed by atoms with E-state index in [2.05, 4.69) is 20.3 Å². The number of aryl methyl sites for hydroxylation is 1. The van der Waals surface area contributed by atoms with Crippen molar-refractivity contribution in [2.45, 2.75) is 38.3 Å². The largest absolute Gasteiger partial charge is 0.358 e. The Labute approximate surface area is 135 Å². The Morgan fingerprint density at radius 1 is 1.22 bits per heavy atom. The molecule has 2 aliphatic rings. The van der Waals surface area contributed by atoms with Gasteiger partial charge in [0.05, 0.1) is 0 Å². The first-order valence-electron chi connectivity index (χ1n) is 8.05. The number of amides is 1. The van der Waals surface area contributed by atoms with Gasteiger partial charge in [-0.2, -0.15) is 0 Å². The molecule has 2 aromatic heterocycles. The minimum absolute atomic E-state index is 0.179. The number of hydrogen-bond donors (Lipinski definition) is 1. The zero-order valence-corrected chi connectivity index (χ0v) is 13.1. The summed E-state index contributed by atoms with van der Waals surface area (Å²) in [6.45, 7) is 2.77. The third-order valence-corrected chi connectivity index (χ3v) is 4.30. The molecule has 1 aliphatic heterocycles. The van der Waals surface area contributed by atoms with Gasteiger partial charge in [0.15, 0.2) is 5.82 Å². The number of carbonyl (C=O) groups excluding carboxylic acids is 1. The van der Waals surface area contributed by atoms with E-state index in [1.165, 1.54) is 0 Å². The molecule has 1 unspecified atom stereocenters. The van der Waals surface area contributed by atoms with Crippen molar-refractivity contribution in [3.63, 3.8) is 0 Å². The maximum atomic E-state index is 12.4. The van der Waals surface area contributed by atoms with Gasteiger partial charge in [-0.25, -0.2) is 9.97 Å². The molecule has 0 radical (unpaired) electrons. The summed E-state index contributed by atoms with van der Waals surface area (Å²) in [7, 11) is 0. The molecular weight excluding hydrogens is 290 g/mol. The van der Waals surface area contributed by atoms with Crippen LogP contribution in [-0.2, 0) is 4.79 Å². The molecule has 1 amide bonds. The lowest BCUT2D eigenvalue weighted by Crippen LogP contribution is -2.35. The summed E-state index contributed by atoms with van der Waals surface area (Å²) in [5.41, 5.74) is 1.59. The second-order valence-corrected chi connectivity index (χ2v) is 6.18. The standard InChI is InChI=1S/C17H19N5O/c1-11-10-15(21-16(19-11)13-4-2-3-8-18-13)20-14-7-9-22(17(14)23)12-5-6-12/h2-4,8,10,12,14H,5-7,9H2,1H3,(H,19,20,21). The summed E-state index contributed by atoms with van der Waals surface area (Å²) < 4.78 is 0. The van der Waals surface area contributed by atoms with Crippen LogP contribution in [0, 0.1) is 6.92 Å². The van der Waals surface area contributed by atoms with Crippen molar-refractivity contribution in [1.29, 1.82) is 0 Å². The first kappa shape index (κ1) is 14.1. The third kappa shape index (κ3) is 2.88. The Bertz CT molecular complexity index is 729. The number of anilines is 1. The molecule has 0 spiro atoms. The van der Waals surface area contributed by atoms with Crippen LogP contribution in [0.15, 0.2) is 30.5 Å². The summed E-state index contributed by atoms with van der Waals surface area (Å²) >= 11 is 0. The van der Waals surface area contributed by atoms with Crippen LogP contribution in [0.1, 0.15) is 25.0 Å². The highest BCUT2D eigenvalue weighted by Crippen LogP contribution is 2.31. The molecule has 3 heterocycles. The first-order valence-corrected chi connectivity index (χ1v) is 8.05. The van der Waals surface area contributed by atoms with E-state index >= 15 is 0 Å². The number of nitrogens with one attached hydrogen (secondary N) is 1. The van der Waals surface area contributed by atoms with Crippen molar-refractivity contribution in [2.24, 2.45) is 0 Å². The van der Waals surface area contributed by atoms with E-state index in [0.29, 0.717) is 17.7 Å². The molecule has 1 saturated heterocycles.